The maximum absolute atomic E-state index is 11.5. The molecule has 9 nitrogen and oxygen atoms in total. The highest BCUT2D eigenvalue weighted by Crippen LogP contribution is 2.02. The van der Waals surface area contributed by atoms with Crippen LogP contribution in [0.25, 0.3) is 11.2 Å². The van der Waals surface area contributed by atoms with Gasteiger partial charge in [-0.15, -0.1) is 0 Å². The van der Waals surface area contributed by atoms with Crippen molar-refractivity contribution < 1.29 is 9.90 Å². The summed E-state index contributed by atoms with van der Waals surface area (Å²) in [6.45, 7) is -0.0590. The fraction of sp³-hybridized carbons (Fsp3) is 0.250. The number of fused-ring (bicyclic) bond motifs is 1. The third-order valence-corrected chi connectivity index (χ3v) is 1.93. The van der Waals surface area contributed by atoms with E-state index in [0.29, 0.717) is 0 Å². The van der Waals surface area contributed by atoms with Crippen molar-refractivity contribution in [2.75, 3.05) is 18.5 Å². The number of aliphatic hydroxyl groups is 1. The third kappa shape index (κ3) is 2.39. The summed E-state index contributed by atoms with van der Waals surface area (Å²) >= 11 is 0. The first-order chi connectivity index (χ1) is 8.20. The minimum Gasteiger partial charge on any atom is -0.395 e. The van der Waals surface area contributed by atoms with Crippen LogP contribution in [0.5, 0.6) is 0 Å². The number of carbonyl (C=O) groups excluding carboxylic acids is 1. The molecular formula is C8H10N6O3. The van der Waals surface area contributed by atoms with Crippen molar-refractivity contribution in [1.29, 1.82) is 0 Å². The number of aromatic amines is 2. The van der Waals surface area contributed by atoms with Crippen LogP contribution in [0.2, 0.25) is 0 Å². The second kappa shape index (κ2) is 4.61. The molecule has 0 spiro atoms. The predicted molar refractivity (Wildman–Crippen MR) is 58.6 cm³/mol. The molecule has 0 saturated carbocycles. The highest BCUT2D eigenvalue weighted by atomic mass is 16.3. The summed E-state index contributed by atoms with van der Waals surface area (Å²) in [5.74, 6) is -0.00922. The van der Waals surface area contributed by atoms with E-state index in [0.717, 1.165) is 0 Å². The Bertz CT molecular complexity index is 588. The van der Waals surface area contributed by atoms with Gasteiger partial charge in [0.1, 0.15) is 0 Å². The zero-order chi connectivity index (χ0) is 12.3. The summed E-state index contributed by atoms with van der Waals surface area (Å²) in [7, 11) is 0. The number of carbonyl (C=O) groups is 1. The minimum absolute atomic E-state index is 0.00922. The van der Waals surface area contributed by atoms with E-state index < -0.39 is 11.6 Å². The molecule has 0 aliphatic rings. The van der Waals surface area contributed by atoms with Gasteiger partial charge in [-0.2, -0.15) is 4.98 Å². The topological polar surface area (TPSA) is 136 Å². The first kappa shape index (κ1) is 11.1. The van der Waals surface area contributed by atoms with Crippen molar-refractivity contribution >= 4 is 23.1 Å². The average molecular weight is 238 g/mol. The van der Waals surface area contributed by atoms with Gasteiger partial charge < -0.3 is 15.4 Å². The summed E-state index contributed by atoms with van der Waals surface area (Å²) in [6.07, 6.45) is 1.34. The number of aliphatic hydroxyl groups excluding tert-OH is 1. The number of nitrogens with one attached hydrogen (secondary N) is 4. The molecule has 9 heteroatoms. The summed E-state index contributed by atoms with van der Waals surface area (Å²) in [6, 6.07) is -0.572. The molecule has 90 valence electrons. The Morgan fingerprint density at radius 1 is 1.53 bits per heavy atom. The number of hydrogen-bond donors (Lipinski definition) is 5. The van der Waals surface area contributed by atoms with E-state index >= 15 is 0 Å². The smallest absolute Gasteiger partial charge is 0.321 e. The molecule has 0 atom stereocenters. The lowest BCUT2D eigenvalue weighted by Gasteiger charge is -2.04. The third-order valence-electron chi connectivity index (χ3n) is 1.93. The summed E-state index contributed by atoms with van der Waals surface area (Å²) in [5, 5.41) is 13.2. The lowest BCUT2D eigenvalue weighted by atomic mass is 10.5. The monoisotopic (exact) mass is 238 g/mol. The van der Waals surface area contributed by atoms with E-state index in [1.807, 2.05) is 0 Å². The number of rotatable bonds is 3. The van der Waals surface area contributed by atoms with Crippen molar-refractivity contribution in [1.82, 2.24) is 25.3 Å². The maximum Gasteiger partial charge on any atom is 0.321 e. The van der Waals surface area contributed by atoms with Crippen molar-refractivity contribution in [2.24, 2.45) is 0 Å². The number of aromatic nitrogens is 4. The van der Waals surface area contributed by atoms with E-state index in [9.17, 15) is 9.59 Å². The number of urea groups is 1. The molecular weight excluding hydrogens is 228 g/mol. The molecule has 0 aliphatic heterocycles. The molecule has 0 bridgehead atoms. The van der Waals surface area contributed by atoms with Crippen LogP contribution in [0.1, 0.15) is 0 Å². The van der Waals surface area contributed by atoms with Gasteiger partial charge in [0.15, 0.2) is 11.2 Å². The van der Waals surface area contributed by atoms with E-state index in [2.05, 4.69) is 30.6 Å². The van der Waals surface area contributed by atoms with Crippen LogP contribution in [-0.2, 0) is 0 Å². The number of hydrogen-bond acceptors (Lipinski definition) is 5. The molecule has 0 unspecified atom stereocenters. The highest BCUT2D eigenvalue weighted by Gasteiger charge is 2.07. The fourth-order valence-corrected chi connectivity index (χ4v) is 1.22. The highest BCUT2D eigenvalue weighted by molar-refractivity contribution is 5.88. The standard InChI is InChI=1S/C8H10N6O3/c15-2-1-9-8(17)14-7-12-5-4(6(16)13-7)10-3-11-5/h3,15H,1-2H2,(H4,9,10,11,12,13,14,16,17). The quantitative estimate of drug-likeness (QED) is 0.455. The maximum atomic E-state index is 11.5. The largest absolute Gasteiger partial charge is 0.395 e. The van der Waals surface area contributed by atoms with E-state index in [4.69, 9.17) is 5.11 Å². The van der Waals surface area contributed by atoms with Crippen LogP contribution in [0.15, 0.2) is 11.1 Å². The predicted octanol–water partition coefficient (Wildman–Crippen LogP) is -1.24. The van der Waals surface area contributed by atoms with E-state index in [-0.39, 0.29) is 30.3 Å². The average Bonchev–Trinajstić information content (AvgIpc) is 2.75. The number of anilines is 1. The Morgan fingerprint density at radius 2 is 2.35 bits per heavy atom. The van der Waals surface area contributed by atoms with Crippen LogP contribution in [0, 0.1) is 0 Å². The number of H-pyrrole nitrogens is 2. The molecule has 0 aliphatic carbocycles. The Hall–Kier alpha value is -2.42. The number of nitrogens with zero attached hydrogens (tertiary/aromatic N) is 2. The van der Waals surface area contributed by atoms with E-state index in [1.165, 1.54) is 6.33 Å². The second-order valence-corrected chi connectivity index (χ2v) is 3.12. The SMILES string of the molecule is O=C(NCCO)Nc1nc2nc[nH]c2c(=O)[nH]1. The Labute approximate surface area is 94.3 Å². The van der Waals surface area contributed by atoms with Crippen LogP contribution >= 0.6 is 0 Å². The first-order valence-electron chi connectivity index (χ1n) is 4.80. The van der Waals surface area contributed by atoms with Crippen LogP contribution in [-0.4, -0.2) is 44.2 Å². The second-order valence-electron chi connectivity index (χ2n) is 3.12. The van der Waals surface area contributed by atoms with Gasteiger partial charge in [0.2, 0.25) is 5.95 Å². The summed E-state index contributed by atoms with van der Waals surface area (Å²) in [5.41, 5.74) is 0.0301. The Morgan fingerprint density at radius 3 is 3.12 bits per heavy atom. The van der Waals surface area contributed by atoms with Crippen molar-refractivity contribution in [2.45, 2.75) is 0 Å². The summed E-state index contributed by atoms with van der Waals surface area (Å²) < 4.78 is 0. The van der Waals surface area contributed by atoms with Crippen LogP contribution in [0.3, 0.4) is 0 Å². The molecule has 0 fully saturated rings. The fourth-order valence-electron chi connectivity index (χ4n) is 1.22. The van der Waals surface area contributed by atoms with Gasteiger partial charge in [0.05, 0.1) is 12.9 Å². The lowest BCUT2D eigenvalue weighted by Crippen LogP contribution is -2.32. The normalized spacial score (nSPS) is 10.4. The lowest BCUT2D eigenvalue weighted by molar-refractivity contribution is 0.244. The molecule has 2 amide bonds. The van der Waals surface area contributed by atoms with Gasteiger partial charge in [0, 0.05) is 6.54 Å². The molecule has 5 N–H and O–H groups in total. The minimum atomic E-state index is -0.572. The van der Waals surface area contributed by atoms with Gasteiger partial charge in [-0.25, -0.2) is 9.78 Å². The number of imidazole rings is 1. The molecule has 2 rings (SSSR count). The van der Waals surface area contributed by atoms with Gasteiger partial charge in [-0.05, 0) is 0 Å². The summed E-state index contributed by atoms with van der Waals surface area (Å²) in [4.78, 5) is 35.4. The molecule has 2 aromatic rings. The molecule has 2 aromatic heterocycles. The van der Waals surface area contributed by atoms with E-state index in [1.54, 1.807) is 0 Å². The Balaban J connectivity index is 2.19. The molecule has 17 heavy (non-hydrogen) atoms. The van der Waals surface area contributed by atoms with Gasteiger partial charge in [-0.1, -0.05) is 0 Å². The van der Waals surface area contributed by atoms with Crippen LogP contribution < -0.4 is 16.2 Å². The molecule has 0 saturated heterocycles. The molecule has 0 radical (unpaired) electrons. The van der Waals surface area contributed by atoms with Gasteiger partial charge in [-0.3, -0.25) is 15.1 Å². The van der Waals surface area contributed by atoms with Crippen molar-refractivity contribution in [3.63, 3.8) is 0 Å². The van der Waals surface area contributed by atoms with Crippen molar-refractivity contribution in [3.05, 3.63) is 16.7 Å². The zero-order valence-corrected chi connectivity index (χ0v) is 8.65. The van der Waals surface area contributed by atoms with Gasteiger partial charge >= 0.3 is 6.03 Å². The Kier molecular flexibility index (Phi) is 3.01. The van der Waals surface area contributed by atoms with Crippen molar-refractivity contribution in [3.8, 4) is 0 Å². The number of amides is 2. The van der Waals surface area contributed by atoms with Crippen LogP contribution in [0.4, 0.5) is 10.7 Å². The molecule has 0 aromatic carbocycles. The molecule has 2 heterocycles. The van der Waals surface area contributed by atoms with Gasteiger partial charge in [0.25, 0.3) is 5.56 Å². The first-order valence-corrected chi connectivity index (χ1v) is 4.80. The zero-order valence-electron chi connectivity index (χ0n) is 8.65.